The van der Waals surface area contributed by atoms with Crippen molar-refractivity contribution in [3.05, 3.63) is 140 Å². The van der Waals surface area contributed by atoms with Gasteiger partial charge in [0.1, 0.15) is 6.61 Å². The number of nitrogens with zero attached hydrogens (tertiary/aromatic N) is 2. The summed E-state index contributed by atoms with van der Waals surface area (Å²) in [5, 5.41) is 3.94. The molecule has 248 valence electrons. The molecule has 0 aliphatic carbocycles. The van der Waals surface area contributed by atoms with Crippen LogP contribution >= 0.6 is 34.8 Å². The second-order valence-corrected chi connectivity index (χ2v) is 12.2. The van der Waals surface area contributed by atoms with Gasteiger partial charge in [0.2, 0.25) is 5.88 Å². The SMILES string of the molecule is O=C(NCc1cc(-c2ccc(Cl)cc2Cl)c(-c2ccc(Cl)cc2)nc1OCCN1C(=O)c2ccccc2C1=O)c1ccc(C(F)(F)F)cc1. The normalized spacial score (nSPS) is 12.7. The molecule has 5 aromatic rings. The highest BCUT2D eigenvalue weighted by Crippen LogP contribution is 2.39. The van der Waals surface area contributed by atoms with Gasteiger partial charge in [0.15, 0.2) is 0 Å². The van der Waals surface area contributed by atoms with E-state index >= 15 is 0 Å². The number of benzene rings is 4. The molecule has 0 bridgehead atoms. The van der Waals surface area contributed by atoms with Crippen molar-refractivity contribution in [3.8, 4) is 28.3 Å². The molecule has 0 saturated heterocycles. The number of imide groups is 1. The number of halogens is 6. The second kappa shape index (κ2) is 13.9. The number of nitrogens with one attached hydrogen (secondary N) is 1. The van der Waals surface area contributed by atoms with Crippen molar-refractivity contribution in [2.45, 2.75) is 12.7 Å². The Kier molecular flexibility index (Phi) is 9.65. The van der Waals surface area contributed by atoms with Gasteiger partial charge in [-0.2, -0.15) is 13.2 Å². The van der Waals surface area contributed by atoms with E-state index in [1.165, 1.54) is 0 Å². The number of alkyl halides is 3. The van der Waals surface area contributed by atoms with Crippen molar-refractivity contribution < 1.29 is 32.3 Å². The summed E-state index contributed by atoms with van der Waals surface area (Å²) in [4.78, 5) is 44.8. The van der Waals surface area contributed by atoms with Crippen LogP contribution in [-0.4, -0.2) is 40.8 Å². The van der Waals surface area contributed by atoms with Gasteiger partial charge >= 0.3 is 6.18 Å². The summed E-state index contributed by atoms with van der Waals surface area (Å²) in [7, 11) is 0. The Hall–Kier alpha value is -4.90. The average Bonchev–Trinajstić information content (AvgIpc) is 3.32. The molecule has 4 aromatic carbocycles. The van der Waals surface area contributed by atoms with Gasteiger partial charge in [0.05, 0.1) is 28.9 Å². The van der Waals surface area contributed by atoms with Crippen LogP contribution in [0.4, 0.5) is 13.2 Å². The summed E-state index contributed by atoms with van der Waals surface area (Å²) < 4.78 is 45.3. The zero-order valence-corrected chi connectivity index (χ0v) is 27.4. The Morgan fingerprint density at radius 2 is 1.41 bits per heavy atom. The highest BCUT2D eigenvalue weighted by atomic mass is 35.5. The first-order chi connectivity index (χ1) is 23.4. The molecule has 1 aliphatic rings. The summed E-state index contributed by atoms with van der Waals surface area (Å²) in [6, 6.07) is 23.9. The fraction of sp³-hybridized carbons (Fsp3) is 0.111. The maximum Gasteiger partial charge on any atom is 0.416 e. The smallest absolute Gasteiger partial charge is 0.416 e. The van der Waals surface area contributed by atoms with Crippen molar-refractivity contribution in [1.82, 2.24) is 15.2 Å². The van der Waals surface area contributed by atoms with Crippen LogP contribution in [-0.2, 0) is 12.7 Å². The molecule has 6 rings (SSSR count). The molecule has 0 fully saturated rings. The van der Waals surface area contributed by atoms with Gasteiger partial charge in [-0.1, -0.05) is 65.1 Å². The molecule has 1 N–H and O–H groups in total. The fourth-order valence-corrected chi connectivity index (χ4v) is 5.93. The molecule has 0 radical (unpaired) electrons. The molecular formula is C36H23Cl3F3N3O4. The summed E-state index contributed by atoms with van der Waals surface area (Å²) >= 11 is 19.0. The number of fused-ring (bicyclic) bond motifs is 1. The number of carbonyl (C=O) groups excluding carboxylic acids is 3. The lowest BCUT2D eigenvalue weighted by Crippen LogP contribution is -2.33. The van der Waals surface area contributed by atoms with Crippen molar-refractivity contribution >= 4 is 52.5 Å². The van der Waals surface area contributed by atoms with E-state index in [-0.39, 0.29) is 31.1 Å². The highest BCUT2D eigenvalue weighted by molar-refractivity contribution is 6.36. The molecule has 0 atom stereocenters. The van der Waals surface area contributed by atoms with Gasteiger partial charge in [-0.3, -0.25) is 19.3 Å². The van der Waals surface area contributed by atoms with E-state index in [9.17, 15) is 27.6 Å². The number of ether oxygens (including phenoxy) is 1. The maximum absolute atomic E-state index is 13.1. The van der Waals surface area contributed by atoms with Crippen LogP contribution in [0.5, 0.6) is 5.88 Å². The first-order valence-corrected chi connectivity index (χ1v) is 15.8. The van der Waals surface area contributed by atoms with Crippen LogP contribution in [0.3, 0.4) is 0 Å². The van der Waals surface area contributed by atoms with E-state index in [1.807, 2.05) is 0 Å². The third-order valence-corrected chi connectivity index (χ3v) is 8.55. The monoisotopic (exact) mass is 723 g/mol. The number of amides is 3. The molecule has 49 heavy (non-hydrogen) atoms. The third-order valence-electron chi connectivity index (χ3n) is 7.75. The van der Waals surface area contributed by atoms with Gasteiger partial charge in [-0.05, 0) is 66.7 Å². The zero-order chi connectivity index (χ0) is 34.9. The minimum atomic E-state index is -4.55. The standard InChI is InChI=1S/C36H23Cl3F3N3O4/c37-24-11-7-20(8-12-24)31-29(26-14-13-25(38)18-30(26)39)17-22(19-43-32(46)21-5-9-23(10-6-21)36(40,41)42)33(44-31)49-16-15-45-34(47)27-3-1-2-4-28(27)35(45)48/h1-14,17-18H,15-16,19H2,(H,43,46). The van der Waals surface area contributed by atoms with Gasteiger partial charge in [-0.15, -0.1) is 0 Å². The maximum atomic E-state index is 13.1. The van der Waals surface area contributed by atoms with E-state index in [0.717, 1.165) is 29.2 Å². The first-order valence-electron chi connectivity index (χ1n) is 14.7. The fourth-order valence-electron chi connectivity index (χ4n) is 5.29. The van der Waals surface area contributed by atoms with Crippen molar-refractivity contribution in [3.63, 3.8) is 0 Å². The van der Waals surface area contributed by atoms with Crippen LogP contribution in [0.15, 0.2) is 97.1 Å². The lowest BCUT2D eigenvalue weighted by Gasteiger charge is -2.19. The molecule has 2 heterocycles. The number of carbonyl (C=O) groups is 3. The molecule has 3 amide bonds. The summed E-state index contributed by atoms with van der Waals surface area (Å²) in [5.41, 5.74) is 2.30. The molecule has 1 aromatic heterocycles. The van der Waals surface area contributed by atoms with E-state index in [2.05, 4.69) is 5.32 Å². The molecule has 0 spiro atoms. The molecule has 0 unspecified atom stereocenters. The van der Waals surface area contributed by atoms with Gasteiger partial charge < -0.3 is 10.1 Å². The Bertz CT molecular complexity index is 2050. The Labute approximate surface area is 293 Å². The van der Waals surface area contributed by atoms with Gasteiger partial charge in [-0.25, -0.2) is 4.98 Å². The summed E-state index contributed by atoms with van der Waals surface area (Å²) in [5.74, 6) is -1.46. The van der Waals surface area contributed by atoms with Gasteiger partial charge in [0, 0.05) is 49.4 Å². The zero-order valence-electron chi connectivity index (χ0n) is 25.2. The van der Waals surface area contributed by atoms with Crippen LogP contribution in [0.2, 0.25) is 15.1 Å². The Morgan fingerprint density at radius 3 is 2.02 bits per heavy atom. The predicted octanol–water partition coefficient (Wildman–Crippen LogP) is 9.00. The minimum Gasteiger partial charge on any atom is -0.475 e. The lowest BCUT2D eigenvalue weighted by atomic mass is 9.97. The average molecular weight is 725 g/mol. The van der Waals surface area contributed by atoms with Crippen LogP contribution in [0.1, 0.15) is 42.2 Å². The summed E-state index contributed by atoms with van der Waals surface area (Å²) in [6.07, 6.45) is -4.55. The topological polar surface area (TPSA) is 88.6 Å². The molecule has 0 saturated carbocycles. The number of rotatable bonds is 9. The molecule has 13 heteroatoms. The first kappa shape index (κ1) is 34.0. The molecule has 1 aliphatic heterocycles. The van der Waals surface area contributed by atoms with Crippen molar-refractivity contribution in [1.29, 1.82) is 0 Å². The highest BCUT2D eigenvalue weighted by Gasteiger charge is 2.35. The quantitative estimate of drug-likeness (QED) is 0.153. The van der Waals surface area contributed by atoms with E-state index in [4.69, 9.17) is 44.5 Å². The van der Waals surface area contributed by atoms with Crippen LogP contribution in [0.25, 0.3) is 22.4 Å². The predicted molar refractivity (Wildman–Crippen MR) is 180 cm³/mol. The number of aromatic nitrogens is 1. The number of pyridine rings is 1. The third kappa shape index (κ3) is 7.27. The van der Waals surface area contributed by atoms with E-state index in [1.54, 1.807) is 72.8 Å². The van der Waals surface area contributed by atoms with E-state index < -0.39 is 29.5 Å². The van der Waals surface area contributed by atoms with Crippen molar-refractivity contribution in [2.24, 2.45) is 0 Å². The van der Waals surface area contributed by atoms with Gasteiger partial charge in [0.25, 0.3) is 17.7 Å². The largest absolute Gasteiger partial charge is 0.475 e. The van der Waals surface area contributed by atoms with E-state index in [0.29, 0.717) is 54.1 Å². The molecule has 7 nitrogen and oxygen atoms in total. The number of hydrogen-bond donors (Lipinski definition) is 1. The Morgan fingerprint density at radius 1 is 0.776 bits per heavy atom. The second-order valence-electron chi connectivity index (χ2n) is 10.9. The number of hydrogen-bond acceptors (Lipinski definition) is 5. The minimum absolute atomic E-state index is 0.00723. The lowest BCUT2D eigenvalue weighted by molar-refractivity contribution is -0.137. The van der Waals surface area contributed by atoms with Crippen LogP contribution < -0.4 is 10.1 Å². The van der Waals surface area contributed by atoms with Crippen molar-refractivity contribution in [2.75, 3.05) is 13.2 Å². The summed E-state index contributed by atoms with van der Waals surface area (Å²) in [6.45, 7) is -0.389. The molecular weight excluding hydrogens is 702 g/mol. The van der Waals surface area contributed by atoms with Crippen LogP contribution in [0, 0.1) is 0 Å². The Balaban J connectivity index is 1.35.